The summed E-state index contributed by atoms with van der Waals surface area (Å²) in [5.74, 6) is 1.20. The third-order valence-corrected chi connectivity index (χ3v) is 5.76. The zero-order chi connectivity index (χ0) is 19.6. The smallest absolute Gasteiger partial charge is 0.232 e. The maximum atomic E-state index is 13.2. The molecule has 2 heterocycles. The van der Waals surface area contributed by atoms with Gasteiger partial charge in [-0.3, -0.25) is 4.79 Å². The number of nitrogens with one attached hydrogen (secondary N) is 1. The van der Waals surface area contributed by atoms with E-state index < -0.39 is 5.41 Å². The molecule has 2 aromatic carbocycles. The van der Waals surface area contributed by atoms with Crippen LogP contribution >= 0.6 is 0 Å². The van der Waals surface area contributed by atoms with E-state index in [9.17, 15) is 4.79 Å². The molecule has 28 heavy (non-hydrogen) atoms. The van der Waals surface area contributed by atoms with Crippen LogP contribution in [0.5, 0.6) is 0 Å². The van der Waals surface area contributed by atoms with E-state index >= 15 is 0 Å². The van der Waals surface area contributed by atoms with Crippen molar-refractivity contribution < 1.29 is 4.79 Å². The van der Waals surface area contributed by atoms with E-state index in [1.165, 1.54) is 5.56 Å². The SMILES string of the molecule is CC(C)(C(=O)N1CCC(c2nn[nH]n2)CC1)c1ccc(-c2ccccc2)cc1. The van der Waals surface area contributed by atoms with Crippen molar-refractivity contribution in [2.75, 3.05) is 13.1 Å². The first-order valence-corrected chi connectivity index (χ1v) is 9.74. The predicted molar refractivity (Wildman–Crippen MR) is 108 cm³/mol. The molecule has 6 nitrogen and oxygen atoms in total. The van der Waals surface area contributed by atoms with Crippen LogP contribution in [0.2, 0.25) is 0 Å². The first-order chi connectivity index (χ1) is 13.6. The molecule has 1 N–H and O–H groups in total. The van der Waals surface area contributed by atoms with Gasteiger partial charge in [0.2, 0.25) is 5.91 Å². The molecule has 0 unspecified atom stereocenters. The van der Waals surface area contributed by atoms with Crippen LogP contribution in [0.15, 0.2) is 54.6 Å². The number of H-pyrrole nitrogens is 1. The van der Waals surface area contributed by atoms with E-state index in [2.05, 4.69) is 57.0 Å². The summed E-state index contributed by atoms with van der Waals surface area (Å²) >= 11 is 0. The number of amides is 1. The lowest BCUT2D eigenvalue weighted by Gasteiger charge is -2.36. The van der Waals surface area contributed by atoms with E-state index in [0.29, 0.717) is 0 Å². The number of carbonyl (C=O) groups excluding carboxylic acids is 1. The zero-order valence-electron chi connectivity index (χ0n) is 16.3. The number of rotatable bonds is 4. The molecule has 3 aromatic rings. The lowest BCUT2D eigenvalue weighted by atomic mass is 9.81. The van der Waals surface area contributed by atoms with E-state index in [0.717, 1.165) is 42.9 Å². The van der Waals surface area contributed by atoms with Gasteiger partial charge in [0.15, 0.2) is 5.82 Å². The summed E-state index contributed by atoms with van der Waals surface area (Å²) in [5, 5.41) is 14.3. The number of aromatic amines is 1. The Balaban J connectivity index is 1.45. The van der Waals surface area contributed by atoms with Gasteiger partial charge in [-0.15, -0.1) is 10.2 Å². The Morgan fingerprint density at radius 3 is 2.25 bits per heavy atom. The van der Waals surface area contributed by atoms with Crippen LogP contribution in [0, 0.1) is 0 Å². The number of carbonyl (C=O) groups is 1. The molecule has 0 radical (unpaired) electrons. The van der Waals surface area contributed by atoms with E-state index in [-0.39, 0.29) is 11.8 Å². The first-order valence-electron chi connectivity index (χ1n) is 9.74. The predicted octanol–water partition coefficient (Wildman–Crippen LogP) is 3.55. The van der Waals surface area contributed by atoms with Gasteiger partial charge >= 0.3 is 0 Å². The Hall–Kier alpha value is -3.02. The third-order valence-electron chi connectivity index (χ3n) is 5.76. The number of hydrogen-bond donors (Lipinski definition) is 1. The summed E-state index contributed by atoms with van der Waals surface area (Å²) in [6, 6.07) is 18.6. The van der Waals surface area contributed by atoms with Crippen LogP contribution in [-0.4, -0.2) is 44.5 Å². The van der Waals surface area contributed by atoms with Crippen molar-refractivity contribution in [2.45, 2.75) is 38.0 Å². The summed E-state index contributed by atoms with van der Waals surface area (Å²) in [6.45, 7) is 5.48. The minimum Gasteiger partial charge on any atom is -0.342 e. The van der Waals surface area contributed by atoms with Crippen molar-refractivity contribution in [2.24, 2.45) is 0 Å². The van der Waals surface area contributed by atoms with Gasteiger partial charge in [0, 0.05) is 19.0 Å². The normalized spacial score (nSPS) is 15.6. The topological polar surface area (TPSA) is 74.8 Å². The van der Waals surface area contributed by atoms with E-state index in [1.54, 1.807) is 0 Å². The molecule has 0 bridgehead atoms. The molecule has 144 valence electrons. The highest BCUT2D eigenvalue weighted by molar-refractivity contribution is 5.87. The minimum absolute atomic E-state index is 0.173. The molecule has 0 aliphatic carbocycles. The molecule has 1 aliphatic rings. The molecule has 0 saturated carbocycles. The molecule has 1 aliphatic heterocycles. The van der Waals surface area contributed by atoms with Crippen molar-refractivity contribution in [1.29, 1.82) is 0 Å². The Kier molecular flexibility index (Phi) is 4.94. The molecular weight excluding hydrogens is 350 g/mol. The fraction of sp³-hybridized carbons (Fsp3) is 0.364. The summed E-state index contributed by atoms with van der Waals surface area (Å²) in [4.78, 5) is 15.2. The highest BCUT2D eigenvalue weighted by Gasteiger charge is 2.36. The highest BCUT2D eigenvalue weighted by atomic mass is 16.2. The number of likely N-dealkylation sites (tertiary alicyclic amines) is 1. The second-order valence-electron chi connectivity index (χ2n) is 7.90. The highest BCUT2D eigenvalue weighted by Crippen LogP contribution is 2.31. The van der Waals surface area contributed by atoms with Gasteiger partial charge in [0.1, 0.15) is 0 Å². The van der Waals surface area contributed by atoms with Crippen LogP contribution < -0.4 is 0 Å². The average molecular weight is 375 g/mol. The average Bonchev–Trinajstić information content (AvgIpc) is 3.29. The van der Waals surface area contributed by atoms with Crippen molar-refractivity contribution in [3.05, 3.63) is 66.0 Å². The molecule has 1 fully saturated rings. The number of nitrogens with zero attached hydrogens (tertiary/aromatic N) is 4. The number of aromatic nitrogens is 4. The fourth-order valence-electron chi connectivity index (χ4n) is 3.91. The van der Waals surface area contributed by atoms with Gasteiger partial charge in [-0.1, -0.05) is 59.8 Å². The number of hydrogen-bond acceptors (Lipinski definition) is 4. The molecular formula is C22H25N5O. The molecule has 1 aromatic heterocycles. The molecule has 0 spiro atoms. The molecule has 1 saturated heterocycles. The molecule has 1 amide bonds. The monoisotopic (exact) mass is 375 g/mol. The van der Waals surface area contributed by atoms with Crippen molar-refractivity contribution in [3.63, 3.8) is 0 Å². The maximum absolute atomic E-state index is 13.2. The van der Waals surface area contributed by atoms with Crippen molar-refractivity contribution in [3.8, 4) is 11.1 Å². The third kappa shape index (κ3) is 3.54. The quantitative estimate of drug-likeness (QED) is 0.757. The van der Waals surface area contributed by atoms with Crippen LogP contribution in [0.25, 0.3) is 11.1 Å². The number of benzene rings is 2. The van der Waals surface area contributed by atoms with Crippen molar-refractivity contribution >= 4 is 5.91 Å². The van der Waals surface area contributed by atoms with Gasteiger partial charge in [-0.2, -0.15) is 5.21 Å². The van der Waals surface area contributed by atoms with Crippen LogP contribution in [0.4, 0.5) is 0 Å². The summed E-state index contributed by atoms with van der Waals surface area (Å²) in [5.41, 5.74) is 2.82. The zero-order valence-corrected chi connectivity index (χ0v) is 16.3. The van der Waals surface area contributed by atoms with Crippen LogP contribution in [-0.2, 0) is 10.2 Å². The van der Waals surface area contributed by atoms with Gasteiger partial charge in [0.05, 0.1) is 5.41 Å². The molecule has 4 rings (SSSR count). The van der Waals surface area contributed by atoms with Gasteiger partial charge in [-0.25, -0.2) is 0 Å². The van der Waals surface area contributed by atoms with Crippen LogP contribution in [0.1, 0.15) is 44.0 Å². The Morgan fingerprint density at radius 2 is 1.64 bits per heavy atom. The number of piperidine rings is 1. The minimum atomic E-state index is -0.561. The second kappa shape index (κ2) is 7.54. The fourth-order valence-corrected chi connectivity index (χ4v) is 3.91. The summed E-state index contributed by atoms with van der Waals surface area (Å²) in [7, 11) is 0. The number of tetrazole rings is 1. The summed E-state index contributed by atoms with van der Waals surface area (Å²) < 4.78 is 0. The van der Waals surface area contributed by atoms with Gasteiger partial charge < -0.3 is 4.90 Å². The lowest BCUT2D eigenvalue weighted by Crippen LogP contribution is -2.46. The van der Waals surface area contributed by atoms with Crippen LogP contribution in [0.3, 0.4) is 0 Å². The Labute approximate surface area is 165 Å². The van der Waals surface area contributed by atoms with E-state index in [4.69, 9.17) is 0 Å². The van der Waals surface area contributed by atoms with Gasteiger partial charge in [0.25, 0.3) is 0 Å². The van der Waals surface area contributed by atoms with Crippen molar-refractivity contribution in [1.82, 2.24) is 25.5 Å². The maximum Gasteiger partial charge on any atom is 0.232 e. The Bertz CT molecular complexity index is 911. The van der Waals surface area contributed by atoms with E-state index in [1.807, 2.05) is 36.9 Å². The van der Waals surface area contributed by atoms with Gasteiger partial charge in [-0.05, 0) is 43.4 Å². The molecule has 0 atom stereocenters. The first kappa shape index (κ1) is 18.3. The molecule has 6 heteroatoms. The Morgan fingerprint density at radius 1 is 1.00 bits per heavy atom. The standard InChI is InChI=1S/C22H25N5O/c1-22(2,19-10-8-17(9-11-19)16-6-4-3-5-7-16)21(28)27-14-12-18(13-15-27)20-23-25-26-24-20/h3-11,18H,12-15H2,1-2H3,(H,23,24,25,26). The second-order valence-corrected chi connectivity index (χ2v) is 7.90. The summed E-state index contributed by atoms with van der Waals surface area (Å²) in [6.07, 6.45) is 1.74. The largest absolute Gasteiger partial charge is 0.342 e. The lowest BCUT2D eigenvalue weighted by molar-refractivity contribution is -0.137.